The summed E-state index contributed by atoms with van der Waals surface area (Å²) in [6.45, 7) is 0. The second kappa shape index (κ2) is 7.09. The SMILES string of the molecule is O=C(O)Cc1occc1C(=O)NC1(Cc2ccccc2F)CCCC1. The highest BCUT2D eigenvalue weighted by Crippen LogP contribution is 2.34. The molecule has 1 aromatic heterocycles. The number of aliphatic carboxylic acids is 1. The first-order valence-corrected chi connectivity index (χ1v) is 8.33. The predicted molar refractivity (Wildman–Crippen MR) is 88.8 cm³/mol. The molecule has 1 heterocycles. The number of benzene rings is 1. The Morgan fingerprint density at radius 2 is 1.92 bits per heavy atom. The van der Waals surface area contributed by atoms with Crippen LogP contribution in [-0.2, 0) is 17.6 Å². The van der Waals surface area contributed by atoms with Gasteiger partial charge in [0.15, 0.2) is 0 Å². The molecule has 2 N–H and O–H groups in total. The molecule has 0 saturated heterocycles. The Hall–Kier alpha value is -2.63. The fourth-order valence-corrected chi connectivity index (χ4v) is 3.53. The number of carbonyl (C=O) groups is 2. The van der Waals surface area contributed by atoms with Gasteiger partial charge in [-0.3, -0.25) is 9.59 Å². The minimum absolute atomic E-state index is 0.129. The van der Waals surface area contributed by atoms with Crippen molar-refractivity contribution in [2.45, 2.75) is 44.1 Å². The van der Waals surface area contributed by atoms with Crippen LogP contribution < -0.4 is 5.32 Å². The summed E-state index contributed by atoms with van der Waals surface area (Å²) in [4.78, 5) is 23.6. The molecule has 2 aromatic rings. The van der Waals surface area contributed by atoms with Gasteiger partial charge in [0, 0.05) is 5.54 Å². The Kier molecular flexibility index (Phi) is 4.88. The molecule has 1 aliphatic rings. The number of carboxylic acids is 1. The normalized spacial score (nSPS) is 15.9. The van der Waals surface area contributed by atoms with Crippen molar-refractivity contribution in [3.05, 3.63) is 59.3 Å². The van der Waals surface area contributed by atoms with Gasteiger partial charge in [-0.2, -0.15) is 0 Å². The summed E-state index contributed by atoms with van der Waals surface area (Å²) in [6.07, 6.45) is 4.82. The summed E-state index contributed by atoms with van der Waals surface area (Å²) in [6, 6.07) is 8.04. The van der Waals surface area contributed by atoms with Crippen LogP contribution in [0, 0.1) is 5.82 Å². The van der Waals surface area contributed by atoms with Crippen molar-refractivity contribution in [1.82, 2.24) is 5.32 Å². The summed E-state index contributed by atoms with van der Waals surface area (Å²) in [7, 11) is 0. The molecule has 0 spiro atoms. The highest BCUT2D eigenvalue weighted by Gasteiger charge is 2.37. The molecule has 1 aromatic carbocycles. The van der Waals surface area contributed by atoms with Crippen molar-refractivity contribution >= 4 is 11.9 Å². The van der Waals surface area contributed by atoms with E-state index in [0.717, 1.165) is 25.7 Å². The van der Waals surface area contributed by atoms with E-state index in [1.165, 1.54) is 18.4 Å². The smallest absolute Gasteiger partial charge is 0.311 e. The van der Waals surface area contributed by atoms with Gasteiger partial charge in [-0.25, -0.2) is 4.39 Å². The molecule has 0 radical (unpaired) electrons. The Morgan fingerprint density at radius 3 is 2.60 bits per heavy atom. The summed E-state index contributed by atoms with van der Waals surface area (Å²) in [5, 5.41) is 11.9. The van der Waals surface area contributed by atoms with Gasteiger partial charge in [-0.05, 0) is 37.0 Å². The Labute approximate surface area is 144 Å². The van der Waals surface area contributed by atoms with E-state index < -0.39 is 11.5 Å². The second-order valence-electron chi connectivity index (χ2n) is 6.54. The molecule has 6 heteroatoms. The van der Waals surface area contributed by atoms with Crippen molar-refractivity contribution < 1.29 is 23.5 Å². The third-order valence-electron chi connectivity index (χ3n) is 4.73. The number of halogens is 1. The first kappa shape index (κ1) is 17.2. The Bertz CT molecular complexity index is 777. The van der Waals surface area contributed by atoms with Crippen LogP contribution in [-0.4, -0.2) is 22.5 Å². The maximum Gasteiger partial charge on any atom is 0.311 e. The first-order valence-electron chi connectivity index (χ1n) is 8.33. The molecule has 1 amide bonds. The topological polar surface area (TPSA) is 79.5 Å². The molecular weight excluding hydrogens is 325 g/mol. The largest absolute Gasteiger partial charge is 0.481 e. The monoisotopic (exact) mass is 345 g/mol. The van der Waals surface area contributed by atoms with E-state index >= 15 is 0 Å². The van der Waals surface area contributed by atoms with E-state index in [-0.39, 0.29) is 29.5 Å². The molecule has 1 fully saturated rings. The number of rotatable bonds is 6. The van der Waals surface area contributed by atoms with E-state index in [2.05, 4.69) is 5.32 Å². The highest BCUT2D eigenvalue weighted by molar-refractivity contribution is 5.96. The van der Waals surface area contributed by atoms with Crippen molar-refractivity contribution in [1.29, 1.82) is 0 Å². The van der Waals surface area contributed by atoms with Gasteiger partial charge < -0.3 is 14.8 Å². The molecule has 5 nitrogen and oxygen atoms in total. The number of furan rings is 1. The van der Waals surface area contributed by atoms with Crippen molar-refractivity contribution in [3.63, 3.8) is 0 Å². The lowest BCUT2D eigenvalue weighted by atomic mass is 9.88. The molecular formula is C19H20FNO4. The van der Waals surface area contributed by atoms with Crippen LogP contribution in [0.4, 0.5) is 4.39 Å². The van der Waals surface area contributed by atoms with Crippen LogP contribution in [0.15, 0.2) is 41.0 Å². The molecule has 0 unspecified atom stereocenters. The van der Waals surface area contributed by atoms with Crippen molar-refractivity contribution in [2.24, 2.45) is 0 Å². The maximum absolute atomic E-state index is 14.0. The summed E-state index contributed by atoms with van der Waals surface area (Å²) < 4.78 is 19.2. The Morgan fingerprint density at radius 1 is 1.20 bits per heavy atom. The van der Waals surface area contributed by atoms with Gasteiger partial charge in [0.1, 0.15) is 18.0 Å². The fraction of sp³-hybridized carbons (Fsp3) is 0.368. The third kappa shape index (κ3) is 3.90. The van der Waals surface area contributed by atoms with Gasteiger partial charge in [0.05, 0.1) is 11.8 Å². The minimum Gasteiger partial charge on any atom is -0.481 e. The maximum atomic E-state index is 14.0. The van der Waals surface area contributed by atoms with Gasteiger partial charge in [-0.1, -0.05) is 31.0 Å². The minimum atomic E-state index is -1.06. The lowest BCUT2D eigenvalue weighted by molar-refractivity contribution is -0.136. The zero-order chi connectivity index (χ0) is 17.9. The third-order valence-corrected chi connectivity index (χ3v) is 4.73. The lowest BCUT2D eigenvalue weighted by Gasteiger charge is -2.30. The van der Waals surface area contributed by atoms with Gasteiger partial charge >= 0.3 is 5.97 Å². The van der Waals surface area contributed by atoms with Crippen molar-refractivity contribution in [3.8, 4) is 0 Å². The first-order chi connectivity index (χ1) is 12.0. The molecule has 0 aliphatic heterocycles. The van der Waals surface area contributed by atoms with Crippen LogP contribution in [0.5, 0.6) is 0 Å². The van der Waals surface area contributed by atoms with E-state index in [4.69, 9.17) is 9.52 Å². The van der Waals surface area contributed by atoms with Crippen LogP contribution in [0.25, 0.3) is 0 Å². The molecule has 0 bridgehead atoms. The van der Waals surface area contributed by atoms with E-state index in [0.29, 0.717) is 12.0 Å². The zero-order valence-electron chi connectivity index (χ0n) is 13.8. The summed E-state index contributed by atoms with van der Waals surface area (Å²) in [5.41, 5.74) is 0.279. The lowest BCUT2D eigenvalue weighted by Crippen LogP contribution is -2.48. The van der Waals surface area contributed by atoms with Crippen molar-refractivity contribution in [2.75, 3.05) is 0 Å². The fourth-order valence-electron chi connectivity index (χ4n) is 3.53. The quantitative estimate of drug-likeness (QED) is 0.842. The number of carbonyl (C=O) groups excluding carboxylic acids is 1. The van der Waals surface area contributed by atoms with Gasteiger partial charge in [0.2, 0.25) is 0 Å². The van der Waals surface area contributed by atoms with Gasteiger partial charge in [-0.15, -0.1) is 0 Å². The summed E-state index contributed by atoms with van der Waals surface area (Å²) in [5.74, 6) is -1.59. The van der Waals surface area contributed by atoms with Crippen LogP contribution >= 0.6 is 0 Å². The van der Waals surface area contributed by atoms with Crippen LogP contribution in [0.2, 0.25) is 0 Å². The van der Waals surface area contributed by atoms with E-state index in [1.54, 1.807) is 18.2 Å². The number of hydrogen-bond donors (Lipinski definition) is 2. The number of hydrogen-bond acceptors (Lipinski definition) is 3. The standard InChI is InChI=1S/C19H20FNO4/c20-15-6-2-1-5-13(15)12-19(8-3-4-9-19)21-18(24)14-7-10-25-16(14)11-17(22)23/h1-2,5-7,10H,3-4,8-9,11-12H2,(H,21,24)(H,22,23). The molecule has 3 rings (SSSR count). The average molecular weight is 345 g/mol. The number of nitrogens with one attached hydrogen (secondary N) is 1. The number of amides is 1. The number of carboxylic acid groups (broad SMARTS) is 1. The zero-order valence-corrected chi connectivity index (χ0v) is 13.8. The van der Waals surface area contributed by atoms with Crippen LogP contribution in [0.1, 0.15) is 47.4 Å². The molecule has 1 saturated carbocycles. The average Bonchev–Trinajstić information content (AvgIpc) is 3.19. The Balaban J connectivity index is 1.80. The second-order valence-corrected chi connectivity index (χ2v) is 6.54. The highest BCUT2D eigenvalue weighted by atomic mass is 19.1. The molecule has 1 aliphatic carbocycles. The predicted octanol–water partition coefficient (Wildman–Crippen LogP) is 3.33. The van der Waals surface area contributed by atoms with E-state index in [9.17, 15) is 14.0 Å². The molecule has 132 valence electrons. The molecule has 0 atom stereocenters. The molecule has 25 heavy (non-hydrogen) atoms. The van der Waals surface area contributed by atoms with E-state index in [1.807, 2.05) is 0 Å². The summed E-state index contributed by atoms with van der Waals surface area (Å²) >= 11 is 0. The van der Waals surface area contributed by atoms with Crippen LogP contribution in [0.3, 0.4) is 0 Å². The van der Waals surface area contributed by atoms with Gasteiger partial charge in [0.25, 0.3) is 5.91 Å².